The number of halogens is 2. The predicted molar refractivity (Wildman–Crippen MR) is 118 cm³/mol. The number of carbonyl (C=O) groups excluding carboxylic acids is 1. The maximum absolute atomic E-state index is 14.1. The average molecular weight is 453 g/mol. The number of benzene rings is 2. The molecule has 1 atom stereocenters. The lowest BCUT2D eigenvalue weighted by Crippen LogP contribution is -2.25. The molecule has 1 aliphatic rings. The van der Waals surface area contributed by atoms with Crippen LogP contribution in [0.15, 0.2) is 42.6 Å². The lowest BCUT2D eigenvalue weighted by Gasteiger charge is -2.13. The van der Waals surface area contributed by atoms with Crippen molar-refractivity contribution in [2.24, 2.45) is 0 Å². The summed E-state index contributed by atoms with van der Waals surface area (Å²) in [4.78, 5) is 21.0. The molecule has 0 radical (unpaired) electrons. The highest BCUT2D eigenvalue weighted by Crippen LogP contribution is 2.30. The van der Waals surface area contributed by atoms with Gasteiger partial charge in [-0.25, -0.2) is 18.7 Å². The number of carbonyl (C=O) groups is 1. The smallest absolute Gasteiger partial charge is 0.251 e. The molecule has 0 bridgehead atoms. The molecule has 2 aromatic carbocycles. The van der Waals surface area contributed by atoms with Crippen LogP contribution in [0, 0.1) is 11.6 Å². The van der Waals surface area contributed by atoms with Crippen LogP contribution in [0.1, 0.15) is 23.2 Å². The number of hydrogen-bond acceptors (Lipinski definition) is 6. The molecule has 2 heterocycles. The Balaban J connectivity index is 1.61. The third kappa shape index (κ3) is 4.10. The lowest BCUT2D eigenvalue weighted by molar-refractivity contribution is 0.0951. The van der Waals surface area contributed by atoms with Gasteiger partial charge in [0, 0.05) is 35.8 Å². The number of anilines is 1. The van der Waals surface area contributed by atoms with E-state index in [1.807, 2.05) is 0 Å². The second-order valence-electron chi connectivity index (χ2n) is 8.06. The summed E-state index contributed by atoms with van der Waals surface area (Å²) in [6.45, 7) is -0.460. The zero-order valence-electron chi connectivity index (χ0n) is 17.4. The van der Waals surface area contributed by atoms with E-state index in [9.17, 15) is 18.7 Å². The number of aliphatic hydroxyl groups excluding tert-OH is 2. The summed E-state index contributed by atoms with van der Waals surface area (Å²) in [5.41, 5.74) is 2.65. The summed E-state index contributed by atoms with van der Waals surface area (Å²) in [5.74, 6) is -1.95. The van der Waals surface area contributed by atoms with E-state index in [-0.39, 0.29) is 29.8 Å². The van der Waals surface area contributed by atoms with Gasteiger partial charge in [-0.1, -0.05) is 12.1 Å². The minimum atomic E-state index is -1.04. The molecule has 1 amide bonds. The average Bonchev–Trinajstić information content (AvgIpc) is 3.52. The first-order valence-corrected chi connectivity index (χ1v) is 10.5. The number of nitrogens with one attached hydrogen (secondary N) is 2. The molecule has 4 aromatic rings. The van der Waals surface area contributed by atoms with Crippen LogP contribution < -0.4 is 10.6 Å². The molecule has 5 rings (SSSR count). The van der Waals surface area contributed by atoms with Crippen LogP contribution in [0.2, 0.25) is 0 Å². The zero-order chi connectivity index (χ0) is 23.1. The van der Waals surface area contributed by atoms with E-state index < -0.39 is 24.3 Å². The first-order chi connectivity index (χ1) is 15.9. The van der Waals surface area contributed by atoms with E-state index in [1.54, 1.807) is 34.9 Å². The van der Waals surface area contributed by atoms with Gasteiger partial charge in [0.15, 0.2) is 23.1 Å². The highest BCUT2D eigenvalue weighted by atomic mass is 19.2. The Kier molecular flexibility index (Phi) is 5.39. The molecule has 170 valence electrons. The Hall–Kier alpha value is -3.63. The van der Waals surface area contributed by atoms with E-state index in [4.69, 9.17) is 5.11 Å². The fourth-order valence-electron chi connectivity index (χ4n) is 3.62. The van der Waals surface area contributed by atoms with E-state index >= 15 is 0 Å². The summed E-state index contributed by atoms with van der Waals surface area (Å²) >= 11 is 0. The van der Waals surface area contributed by atoms with Crippen molar-refractivity contribution < 1.29 is 23.8 Å². The van der Waals surface area contributed by atoms with Gasteiger partial charge in [0.25, 0.3) is 5.91 Å². The van der Waals surface area contributed by atoms with Gasteiger partial charge in [0.05, 0.1) is 35.6 Å². The summed E-state index contributed by atoms with van der Waals surface area (Å²) in [7, 11) is 0. The SMILES string of the molecule is O=C(NC1CC1)c1ccc(-c2cnc3c(NCC(O)CO)nc4cc(F)c(F)cc4n23)cc1. The van der Waals surface area contributed by atoms with E-state index in [0.29, 0.717) is 28.0 Å². The molecule has 0 aliphatic heterocycles. The summed E-state index contributed by atoms with van der Waals surface area (Å²) < 4.78 is 29.7. The standard InChI is InChI=1S/C23H21F2N5O3/c24-16-7-18-19(8-17(16)25)30-20(10-27-22(30)21(29-18)26-9-15(32)11-31)12-1-3-13(4-2-12)23(33)28-14-5-6-14/h1-4,7-8,10,14-15,31-32H,5-6,9,11H2,(H,26,29)(H,28,33). The third-order valence-electron chi connectivity index (χ3n) is 5.54. The number of fused-ring (bicyclic) bond motifs is 3. The molecule has 0 saturated heterocycles. The molecule has 1 unspecified atom stereocenters. The van der Waals surface area contributed by atoms with Gasteiger partial charge in [-0.15, -0.1) is 0 Å². The fourth-order valence-corrected chi connectivity index (χ4v) is 3.62. The Morgan fingerprint density at radius 3 is 2.61 bits per heavy atom. The fraction of sp³-hybridized carbons (Fsp3) is 0.261. The van der Waals surface area contributed by atoms with E-state index in [1.165, 1.54) is 0 Å². The topological polar surface area (TPSA) is 112 Å². The minimum Gasteiger partial charge on any atom is -0.394 e. The van der Waals surface area contributed by atoms with Crippen molar-refractivity contribution >= 4 is 28.4 Å². The third-order valence-corrected chi connectivity index (χ3v) is 5.54. The normalized spacial score (nSPS) is 14.5. The molecule has 1 saturated carbocycles. The largest absolute Gasteiger partial charge is 0.394 e. The van der Waals surface area contributed by atoms with Crippen molar-refractivity contribution in [3.8, 4) is 11.3 Å². The molecule has 33 heavy (non-hydrogen) atoms. The highest BCUT2D eigenvalue weighted by Gasteiger charge is 2.24. The van der Waals surface area contributed by atoms with Crippen molar-refractivity contribution in [3.05, 3.63) is 59.8 Å². The van der Waals surface area contributed by atoms with Crippen LogP contribution in [0.4, 0.5) is 14.6 Å². The first kappa shape index (κ1) is 21.2. The molecule has 0 spiro atoms. The van der Waals surface area contributed by atoms with Crippen molar-refractivity contribution in [2.45, 2.75) is 25.0 Å². The van der Waals surface area contributed by atoms with Gasteiger partial charge in [-0.2, -0.15) is 0 Å². The second-order valence-corrected chi connectivity index (χ2v) is 8.06. The van der Waals surface area contributed by atoms with Gasteiger partial charge in [-0.05, 0) is 25.0 Å². The summed E-state index contributed by atoms with van der Waals surface area (Å²) in [6.07, 6.45) is 2.53. The molecule has 1 aliphatic carbocycles. The highest BCUT2D eigenvalue weighted by molar-refractivity contribution is 5.95. The molecular weight excluding hydrogens is 432 g/mol. The van der Waals surface area contributed by atoms with Crippen molar-refractivity contribution in [1.82, 2.24) is 19.7 Å². The maximum Gasteiger partial charge on any atom is 0.251 e. The number of hydrogen-bond donors (Lipinski definition) is 4. The number of aliphatic hydroxyl groups is 2. The van der Waals surface area contributed by atoms with Crippen LogP contribution in [0.3, 0.4) is 0 Å². The quantitative estimate of drug-likeness (QED) is 0.342. The van der Waals surface area contributed by atoms with Crippen molar-refractivity contribution in [1.29, 1.82) is 0 Å². The van der Waals surface area contributed by atoms with Crippen LogP contribution in [-0.2, 0) is 0 Å². The van der Waals surface area contributed by atoms with Crippen LogP contribution in [0.5, 0.6) is 0 Å². The van der Waals surface area contributed by atoms with Crippen molar-refractivity contribution in [3.63, 3.8) is 0 Å². The summed E-state index contributed by atoms with van der Waals surface area (Å²) in [5, 5.41) is 24.6. The first-order valence-electron chi connectivity index (χ1n) is 10.5. The van der Waals surface area contributed by atoms with Crippen molar-refractivity contribution in [2.75, 3.05) is 18.5 Å². The van der Waals surface area contributed by atoms with E-state index in [2.05, 4.69) is 20.6 Å². The Morgan fingerprint density at radius 2 is 1.91 bits per heavy atom. The second kappa shape index (κ2) is 8.38. The van der Waals surface area contributed by atoms with Crippen LogP contribution in [-0.4, -0.2) is 55.8 Å². The predicted octanol–water partition coefficient (Wildman–Crippen LogP) is 2.49. The Labute approximate surface area is 186 Å². The number of rotatable bonds is 7. The van der Waals surface area contributed by atoms with Gasteiger partial charge in [-0.3, -0.25) is 9.20 Å². The molecule has 10 heteroatoms. The van der Waals surface area contributed by atoms with Gasteiger partial charge in [0.2, 0.25) is 0 Å². The molecular formula is C23H21F2N5O3. The molecule has 4 N–H and O–H groups in total. The number of aromatic nitrogens is 3. The lowest BCUT2D eigenvalue weighted by atomic mass is 10.1. The number of amides is 1. The Morgan fingerprint density at radius 1 is 1.18 bits per heavy atom. The van der Waals surface area contributed by atoms with E-state index in [0.717, 1.165) is 25.0 Å². The summed E-state index contributed by atoms with van der Waals surface area (Å²) in [6, 6.07) is 9.23. The number of nitrogens with zero attached hydrogens (tertiary/aromatic N) is 3. The van der Waals surface area contributed by atoms with Gasteiger partial charge in [0.1, 0.15) is 0 Å². The van der Waals surface area contributed by atoms with Gasteiger partial charge >= 0.3 is 0 Å². The van der Waals surface area contributed by atoms with Crippen LogP contribution in [0.25, 0.3) is 27.9 Å². The van der Waals surface area contributed by atoms with Crippen LogP contribution >= 0.6 is 0 Å². The number of imidazole rings is 1. The molecule has 2 aromatic heterocycles. The molecule has 1 fully saturated rings. The minimum absolute atomic E-state index is 0.0126. The maximum atomic E-state index is 14.1. The Bertz CT molecular complexity index is 1350. The zero-order valence-corrected chi connectivity index (χ0v) is 17.4. The van der Waals surface area contributed by atoms with Gasteiger partial charge < -0.3 is 20.8 Å². The molecule has 8 nitrogen and oxygen atoms in total. The monoisotopic (exact) mass is 453 g/mol.